The number of hydrogen-bond donors (Lipinski definition) is 2. The average Bonchev–Trinajstić information content (AvgIpc) is 2.75. The molecule has 0 bridgehead atoms. The summed E-state index contributed by atoms with van der Waals surface area (Å²) in [6.07, 6.45) is 4.90. The molecule has 4 unspecified atom stereocenters. The van der Waals surface area contributed by atoms with Crippen molar-refractivity contribution in [3.8, 4) is 0 Å². The molecule has 4 heteroatoms. The van der Waals surface area contributed by atoms with Crippen molar-refractivity contribution in [3.63, 3.8) is 0 Å². The molecular formula is C14H25N3S. The van der Waals surface area contributed by atoms with Gasteiger partial charge in [-0.05, 0) is 37.5 Å². The minimum atomic E-state index is 0.380. The van der Waals surface area contributed by atoms with Crippen LogP contribution in [0.2, 0.25) is 0 Å². The Balaban J connectivity index is 1.96. The fourth-order valence-electron chi connectivity index (χ4n) is 3.00. The molecule has 1 saturated carbocycles. The van der Waals surface area contributed by atoms with Crippen LogP contribution in [0.5, 0.6) is 0 Å². The second-order valence-corrected chi connectivity index (χ2v) is 6.83. The molecule has 0 aliphatic heterocycles. The van der Waals surface area contributed by atoms with Crippen molar-refractivity contribution in [2.45, 2.75) is 52.5 Å². The van der Waals surface area contributed by atoms with Crippen molar-refractivity contribution in [1.29, 1.82) is 0 Å². The quantitative estimate of drug-likeness (QED) is 0.651. The fourth-order valence-corrected chi connectivity index (χ4v) is 3.83. The molecule has 3 N–H and O–H groups in total. The normalized spacial score (nSPS) is 30.3. The minimum absolute atomic E-state index is 0.380. The van der Waals surface area contributed by atoms with Crippen molar-refractivity contribution < 1.29 is 0 Å². The van der Waals surface area contributed by atoms with E-state index in [9.17, 15) is 0 Å². The molecule has 3 nitrogen and oxygen atoms in total. The Morgan fingerprint density at radius 3 is 2.78 bits per heavy atom. The van der Waals surface area contributed by atoms with Gasteiger partial charge < -0.3 is 0 Å². The molecule has 0 amide bonds. The molecule has 2 rings (SSSR count). The molecule has 0 saturated heterocycles. The first-order chi connectivity index (χ1) is 8.60. The van der Waals surface area contributed by atoms with Gasteiger partial charge in [0, 0.05) is 23.5 Å². The van der Waals surface area contributed by atoms with Crippen LogP contribution in [0, 0.1) is 24.7 Å². The lowest BCUT2D eigenvalue weighted by Crippen LogP contribution is -2.44. The van der Waals surface area contributed by atoms with Gasteiger partial charge in [-0.15, -0.1) is 11.3 Å². The molecule has 1 fully saturated rings. The average molecular weight is 267 g/mol. The smallest absolute Gasteiger partial charge is 0.0944 e. The van der Waals surface area contributed by atoms with E-state index in [1.165, 1.54) is 24.3 Å². The van der Waals surface area contributed by atoms with Crippen LogP contribution in [-0.2, 0) is 6.42 Å². The van der Waals surface area contributed by atoms with Crippen LogP contribution in [0.3, 0.4) is 0 Å². The number of aryl methyl sites for hydroxylation is 1. The maximum Gasteiger partial charge on any atom is 0.0944 e. The van der Waals surface area contributed by atoms with Gasteiger partial charge in [0.1, 0.15) is 0 Å². The molecular weight excluding hydrogens is 242 g/mol. The van der Waals surface area contributed by atoms with Crippen molar-refractivity contribution in [2.75, 3.05) is 0 Å². The number of rotatable bonds is 4. The number of nitrogens with one attached hydrogen (secondary N) is 1. The Labute approximate surface area is 114 Å². The summed E-state index contributed by atoms with van der Waals surface area (Å²) in [6, 6.07) is 0.380. The molecule has 1 heterocycles. The number of nitrogens with zero attached hydrogens (tertiary/aromatic N) is 1. The predicted octanol–water partition coefficient (Wildman–Crippen LogP) is 2.90. The van der Waals surface area contributed by atoms with E-state index in [1.54, 1.807) is 11.3 Å². The number of hydrazine groups is 1. The number of hydrogen-bond acceptors (Lipinski definition) is 4. The predicted molar refractivity (Wildman–Crippen MR) is 77.3 cm³/mol. The highest BCUT2D eigenvalue weighted by Crippen LogP contribution is 2.35. The lowest BCUT2D eigenvalue weighted by Gasteiger charge is -2.36. The van der Waals surface area contributed by atoms with Gasteiger partial charge in [0.15, 0.2) is 0 Å². The van der Waals surface area contributed by atoms with Crippen molar-refractivity contribution in [1.82, 2.24) is 10.4 Å². The molecule has 1 aromatic heterocycles. The molecule has 1 aliphatic rings. The van der Waals surface area contributed by atoms with E-state index in [2.05, 4.69) is 36.6 Å². The number of nitrogens with two attached hydrogens (primary N) is 1. The van der Waals surface area contributed by atoms with Crippen LogP contribution in [0.15, 0.2) is 5.38 Å². The van der Waals surface area contributed by atoms with Crippen molar-refractivity contribution in [3.05, 3.63) is 16.1 Å². The van der Waals surface area contributed by atoms with Crippen LogP contribution in [0.25, 0.3) is 0 Å². The molecule has 4 atom stereocenters. The summed E-state index contributed by atoms with van der Waals surface area (Å²) in [7, 11) is 0. The maximum atomic E-state index is 5.77. The topological polar surface area (TPSA) is 50.9 Å². The first-order valence-electron chi connectivity index (χ1n) is 6.97. The van der Waals surface area contributed by atoms with E-state index >= 15 is 0 Å². The van der Waals surface area contributed by atoms with E-state index in [4.69, 9.17) is 5.84 Å². The largest absolute Gasteiger partial charge is 0.271 e. The summed E-state index contributed by atoms with van der Waals surface area (Å²) in [5.74, 6) is 8.14. The van der Waals surface area contributed by atoms with E-state index in [0.717, 1.165) is 24.0 Å². The van der Waals surface area contributed by atoms with Crippen LogP contribution in [0.4, 0.5) is 0 Å². The first kappa shape index (κ1) is 14.0. The number of thiazole rings is 1. The maximum absolute atomic E-state index is 5.77. The van der Waals surface area contributed by atoms with Crippen molar-refractivity contribution >= 4 is 11.3 Å². The molecule has 0 radical (unpaired) electrons. The third-order valence-corrected chi connectivity index (χ3v) is 5.47. The van der Waals surface area contributed by atoms with Crippen LogP contribution < -0.4 is 11.3 Å². The highest BCUT2D eigenvalue weighted by atomic mass is 32.1. The van der Waals surface area contributed by atoms with Gasteiger partial charge in [0.25, 0.3) is 0 Å². The summed E-state index contributed by atoms with van der Waals surface area (Å²) in [4.78, 5) is 4.55. The number of aromatic nitrogens is 1. The third kappa shape index (κ3) is 3.31. The molecule has 102 valence electrons. The summed E-state index contributed by atoms with van der Waals surface area (Å²) in [5, 5.41) is 3.33. The van der Waals surface area contributed by atoms with Gasteiger partial charge in [-0.25, -0.2) is 4.98 Å². The van der Waals surface area contributed by atoms with E-state index in [-0.39, 0.29) is 0 Å². The Morgan fingerprint density at radius 1 is 1.44 bits per heavy atom. The second-order valence-electron chi connectivity index (χ2n) is 5.89. The zero-order valence-electron chi connectivity index (χ0n) is 11.6. The zero-order chi connectivity index (χ0) is 13.1. The Bertz CT molecular complexity index is 377. The SMILES string of the molecule is Cc1csc(CC(NN)C2CCC(C)C(C)C2)n1. The third-order valence-electron chi connectivity index (χ3n) is 4.48. The fraction of sp³-hybridized carbons (Fsp3) is 0.786. The standard InChI is InChI=1S/C14H25N3S/c1-9-4-5-12(6-10(9)2)13(17-15)7-14-16-11(3)8-18-14/h8-10,12-13,17H,4-7,15H2,1-3H3. The monoisotopic (exact) mass is 267 g/mol. The second kappa shape index (κ2) is 6.13. The lowest BCUT2D eigenvalue weighted by atomic mass is 9.73. The van der Waals surface area contributed by atoms with E-state index < -0.39 is 0 Å². The van der Waals surface area contributed by atoms with E-state index in [0.29, 0.717) is 12.0 Å². The Hall–Kier alpha value is -0.450. The summed E-state index contributed by atoms with van der Waals surface area (Å²) >= 11 is 1.75. The minimum Gasteiger partial charge on any atom is -0.271 e. The summed E-state index contributed by atoms with van der Waals surface area (Å²) < 4.78 is 0. The highest BCUT2D eigenvalue weighted by molar-refractivity contribution is 7.09. The first-order valence-corrected chi connectivity index (χ1v) is 7.85. The molecule has 0 spiro atoms. The van der Waals surface area contributed by atoms with Gasteiger partial charge in [-0.3, -0.25) is 11.3 Å². The lowest BCUT2D eigenvalue weighted by molar-refractivity contribution is 0.170. The van der Waals surface area contributed by atoms with E-state index in [1.807, 2.05) is 0 Å². The van der Waals surface area contributed by atoms with Crippen molar-refractivity contribution in [2.24, 2.45) is 23.6 Å². The van der Waals surface area contributed by atoms with Gasteiger partial charge in [-0.2, -0.15) is 0 Å². The van der Waals surface area contributed by atoms with Crippen LogP contribution >= 0.6 is 11.3 Å². The molecule has 1 aromatic rings. The van der Waals surface area contributed by atoms with Gasteiger partial charge in [0.2, 0.25) is 0 Å². The molecule has 1 aliphatic carbocycles. The van der Waals surface area contributed by atoms with Crippen LogP contribution in [0.1, 0.15) is 43.8 Å². The molecule has 18 heavy (non-hydrogen) atoms. The Morgan fingerprint density at radius 2 is 2.22 bits per heavy atom. The highest BCUT2D eigenvalue weighted by Gasteiger charge is 2.30. The summed E-state index contributed by atoms with van der Waals surface area (Å²) in [6.45, 7) is 6.79. The Kier molecular flexibility index (Phi) is 4.76. The van der Waals surface area contributed by atoms with Gasteiger partial charge in [-0.1, -0.05) is 20.3 Å². The van der Waals surface area contributed by atoms with Gasteiger partial charge >= 0.3 is 0 Å². The summed E-state index contributed by atoms with van der Waals surface area (Å²) in [5.41, 5.74) is 4.15. The zero-order valence-corrected chi connectivity index (χ0v) is 12.5. The molecule has 0 aromatic carbocycles. The van der Waals surface area contributed by atoms with Crippen LogP contribution in [-0.4, -0.2) is 11.0 Å². The van der Waals surface area contributed by atoms with Gasteiger partial charge in [0.05, 0.1) is 5.01 Å².